The van der Waals surface area contributed by atoms with Gasteiger partial charge in [0.25, 0.3) is 0 Å². The number of rotatable bonds is 5. The van der Waals surface area contributed by atoms with Crippen molar-refractivity contribution in [3.8, 4) is 0 Å². The normalized spacial score (nSPS) is 24.6. The van der Waals surface area contributed by atoms with Crippen LogP contribution in [0.5, 0.6) is 0 Å². The van der Waals surface area contributed by atoms with Crippen molar-refractivity contribution < 1.29 is 14.3 Å². The summed E-state index contributed by atoms with van der Waals surface area (Å²) in [5, 5.41) is 0. The lowest BCUT2D eigenvalue weighted by Crippen LogP contribution is -2.07. The Morgan fingerprint density at radius 1 is 1.53 bits per heavy atom. The van der Waals surface area contributed by atoms with Crippen LogP contribution in [-0.2, 0) is 14.3 Å². The second kappa shape index (κ2) is 5.01. The summed E-state index contributed by atoms with van der Waals surface area (Å²) in [6.45, 7) is 7.99. The summed E-state index contributed by atoms with van der Waals surface area (Å²) in [6.07, 6.45) is 2.77. The maximum Gasteiger partial charge on any atom is 0.309 e. The summed E-state index contributed by atoms with van der Waals surface area (Å²) in [6, 6.07) is 0. The fourth-order valence-corrected chi connectivity index (χ4v) is 1.63. The summed E-state index contributed by atoms with van der Waals surface area (Å²) in [4.78, 5) is 11.4. The molecule has 0 aliphatic heterocycles. The molecule has 0 bridgehead atoms. The Hall–Kier alpha value is -1.25. The number of allylic oxidation sites excluding steroid dienone is 2. The van der Waals surface area contributed by atoms with Gasteiger partial charge in [0.05, 0.1) is 19.6 Å². The lowest BCUT2D eigenvalue weighted by atomic mass is 10.1. The van der Waals surface area contributed by atoms with Crippen LogP contribution >= 0.6 is 0 Å². The van der Waals surface area contributed by atoms with Crippen LogP contribution in [0.25, 0.3) is 0 Å². The number of carbonyl (C=O) groups is 1. The molecule has 0 aromatic carbocycles. The van der Waals surface area contributed by atoms with Gasteiger partial charge < -0.3 is 9.47 Å². The van der Waals surface area contributed by atoms with E-state index in [0.717, 1.165) is 12.0 Å². The molecule has 0 spiro atoms. The van der Waals surface area contributed by atoms with E-state index < -0.39 is 0 Å². The Balaban J connectivity index is 2.46. The van der Waals surface area contributed by atoms with Crippen LogP contribution in [0.15, 0.2) is 24.0 Å². The highest BCUT2D eigenvalue weighted by atomic mass is 16.5. The Morgan fingerprint density at radius 3 is 2.73 bits per heavy atom. The van der Waals surface area contributed by atoms with E-state index in [9.17, 15) is 4.79 Å². The number of carbonyl (C=O) groups excluding carboxylic acids is 1. The van der Waals surface area contributed by atoms with E-state index in [-0.39, 0.29) is 11.9 Å². The molecule has 1 rings (SSSR count). The first-order valence-electron chi connectivity index (χ1n) is 5.17. The van der Waals surface area contributed by atoms with E-state index in [2.05, 4.69) is 6.58 Å². The number of hydrogen-bond acceptors (Lipinski definition) is 3. The van der Waals surface area contributed by atoms with Crippen molar-refractivity contribution in [3.05, 3.63) is 24.0 Å². The molecule has 84 valence electrons. The van der Waals surface area contributed by atoms with Gasteiger partial charge in [-0.15, -0.1) is 0 Å². The van der Waals surface area contributed by atoms with Gasteiger partial charge in [-0.05, 0) is 32.3 Å². The molecule has 0 radical (unpaired) electrons. The van der Waals surface area contributed by atoms with E-state index >= 15 is 0 Å². The van der Waals surface area contributed by atoms with Crippen LogP contribution in [0.1, 0.15) is 20.3 Å². The third-order valence-electron chi connectivity index (χ3n) is 2.62. The third-order valence-corrected chi connectivity index (χ3v) is 2.62. The molecule has 3 heteroatoms. The van der Waals surface area contributed by atoms with Gasteiger partial charge in [-0.2, -0.15) is 0 Å². The van der Waals surface area contributed by atoms with E-state index in [4.69, 9.17) is 9.47 Å². The molecule has 2 unspecified atom stereocenters. The van der Waals surface area contributed by atoms with Crippen LogP contribution in [0.2, 0.25) is 0 Å². The van der Waals surface area contributed by atoms with Gasteiger partial charge in [0.1, 0.15) is 5.76 Å². The molecule has 0 aromatic rings. The molecule has 1 aliphatic rings. The Morgan fingerprint density at radius 2 is 2.20 bits per heavy atom. The zero-order valence-electron chi connectivity index (χ0n) is 9.58. The quantitative estimate of drug-likeness (QED) is 0.397. The standard InChI is InChI=1S/C12H18O3/c1-5-15-12(13)11-7-10(11)8(2)6-9(3)14-4/h6,10-11H,3,5,7H2,1-2,4H3/b8-6+. The van der Waals surface area contributed by atoms with Crippen LogP contribution in [-0.4, -0.2) is 19.7 Å². The molecule has 1 fully saturated rings. The average molecular weight is 210 g/mol. The smallest absolute Gasteiger partial charge is 0.309 e. The van der Waals surface area contributed by atoms with Crippen molar-refractivity contribution in [3.63, 3.8) is 0 Å². The zero-order chi connectivity index (χ0) is 11.4. The minimum absolute atomic E-state index is 0.0471. The van der Waals surface area contributed by atoms with Crippen LogP contribution in [0.3, 0.4) is 0 Å². The van der Waals surface area contributed by atoms with Gasteiger partial charge in [-0.1, -0.05) is 12.2 Å². The summed E-state index contributed by atoms with van der Waals surface area (Å²) in [5.41, 5.74) is 1.14. The summed E-state index contributed by atoms with van der Waals surface area (Å²) in [7, 11) is 1.59. The summed E-state index contributed by atoms with van der Waals surface area (Å²) in [5.74, 6) is 0.905. The maximum atomic E-state index is 11.4. The zero-order valence-corrected chi connectivity index (χ0v) is 9.58. The lowest BCUT2D eigenvalue weighted by Gasteiger charge is -2.02. The highest BCUT2D eigenvalue weighted by molar-refractivity contribution is 5.76. The molecule has 2 atom stereocenters. The summed E-state index contributed by atoms with van der Waals surface area (Å²) >= 11 is 0. The van der Waals surface area contributed by atoms with Gasteiger partial charge in [0.2, 0.25) is 0 Å². The monoisotopic (exact) mass is 210 g/mol. The van der Waals surface area contributed by atoms with Crippen molar-refractivity contribution in [2.75, 3.05) is 13.7 Å². The number of esters is 1. The molecular weight excluding hydrogens is 192 g/mol. The molecule has 15 heavy (non-hydrogen) atoms. The molecule has 0 N–H and O–H groups in total. The topological polar surface area (TPSA) is 35.5 Å². The van der Waals surface area contributed by atoms with E-state index in [1.165, 1.54) is 0 Å². The first-order valence-corrected chi connectivity index (χ1v) is 5.17. The first-order chi connectivity index (χ1) is 7.10. The van der Waals surface area contributed by atoms with Crippen molar-refractivity contribution in [2.24, 2.45) is 11.8 Å². The maximum absolute atomic E-state index is 11.4. The van der Waals surface area contributed by atoms with Crippen LogP contribution < -0.4 is 0 Å². The molecule has 0 amide bonds. The van der Waals surface area contributed by atoms with Gasteiger partial charge in [0.15, 0.2) is 0 Å². The number of ether oxygens (including phenoxy) is 2. The fourth-order valence-electron chi connectivity index (χ4n) is 1.63. The van der Waals surface area contributed by atoms with E-state index in [1.807, 2.05) is 19.9 Å². The molecule has 1 saturated carbocycles. The minimum Gasteiger partial charge on any atom is -0.497 e. The molecular formula is C12H18O3. The Bertz CT molecular complexity index is 291. The predicted octanol–water partition coefficient (Wildman–Crippen LogP) is 2.29. The number of methoxy groups -OCH3 is 1. The molecule has 0 heterocycles. The molecule has 0 aromatic heterocycles. The average Bonchev–Trinajstić information content (AvgIpc) is 2.97. The fraction of sp³-hybridized carbons (Fsp3) is 0.583. The minimum atomic E-state index is -0.0849. The largest absolute Gasteiger partial charge is 0.497 e. The first kappa shape index (κ1) is 11.8. The predicted molar refractivity (Wildman–Crippen MR) is 58.1 cm³/mol. The van der Waals surface area contributed by atoms with Crippen LogP contribution in [0.4, 0.5) is 0 Å². The van der Waals surface area contributed by atoms with Gasteiger partial charge in [-0.3, -0.25) is 4.79 Å². The second-order valence-electron chi connectivity index (χ2n) is 3.76. The SMILES string of the molecule is C=C(/C=C(\C)C1CC1C(=O)OCC)OC. The van der Waals surface area contributed by atoms with Crippen molar-refractivity contribution in [2.45, 2.75) is 20.3 Å². The van der Waals surface area contributed by atoms with Gasteiger partial charge in [-0.25, -0.2) is 0 Å². The van der Waals surface area contributed by atoms with Crippen molar-refractivity contribution >= 4 is 5.97 Å². The Kier molecular flexibility index (Phi) is 3.95. The van der Waals surface area contributed by atoms with Crippen molar-refractivity contribution in [1.82, 2.24) is 0 Å². The highest BCUT2D eigenvalue weighted by Crippen LogP contribution is 2.45. The Labute approximate surface area is 90.8 Å². The third kappa shape index (κ3) is 3.11. The van der Waals surface area contributed by atoms with E-state index in [0.29, 0.717) is 18.3 Å². The summed E-state index contributed by atoms with van der Waals surface area (Å²) < 4.78 is 9.91. The molecule has 1 aliphatic carbocycles. The highest BCUT2D eigenvalue weighted by Gasteiger charge is 2.44. The van der Waals surface area contributed by atoms with Crippen LogP contribution in [0, 0.1) is 11.8 Å². The van der Waals surface area contributed by atoms with Crippen molar-refractivity contribution in [1.29, 1.82) is 0 Å². The van der Waals surface area contributed by atoms with Gasteiger partial charge in [0, 0.05) is 0 Å². The molecule has 0 saturated heterocycles. The van der Waals surface area contributed by atoms with E-state index in [1.54, 1.807) is 7.11 Å². The number of hydrogen-bond donors (Lipinski definition) is 0. The molecule has 3 nitrogen and oxygen atoms in total. The lowest BCUT2D eigenvalue weighted by molar-refractivity contribution is -0.144. The second-order valence-corrected chi connectivity index (χ2v) is 3.76. The van der Waals surface area contributed by atoms with Gasteiger partial charge >= 0.3 is 5.97 Å².